The molecule has 1 aromatic carbocycles. The number of nitrogens with one attached hydrogen (secondary N) is 1. The maximum absolute atomic E-state index is 13.4. The Hall–Kier alpha value is -2.22. The van der Waals surface area contributed by atoms with Crippen molar-refractivity contribution in [1.29, 1.82) is 0 Å². The predicted molar refractivity (Wildman–Crippen MR) is 71.8 cm³/mol. The van der Waals surface area contributed by atoms with Crippen LogP contribution in [0.5, 0.6) is 0 Å². The van der Waals surface area contributed by atoms with Crippen LogP contribution in [-0.2, 0) is 12.7 Å². The first-order valence-electron chi connectivity index (χ1n) is 6.14. The largest absolute Gasteiger partial charge is 0.417 e. The zero-order valence-electron chi connectivity index (χ0n) is 11.2. The van der Waals surface area contributed by atoms with Gasteiger partial charge in [-0.15, -0.1) is 0 Å². The quantitative estimate of drug-likeness (QED) is 0.851. The van der Waals surface area contributed by atoms with Crippen molar-refractivity contribution in [1.82, 2.24) is 10.3 Å². The molecule has 0 fully saturated rings. The van der Waals surface area contributed by atoms with Gasteiger partial charge in [-0.25, -0.2) is 13.8 Å². The van der Waals surface area contributed by atoms with Crippen molar-refractivity contribution in [2.75, 3.05) is 0 Å². The Bertz CT molecular complexity index is 728. The lowest BCUT2D eigenvalue weighted by Gasteiger charge is -2.12. The van der Waals surface area contributed by atoms with Crippen LogP contribution in [-0.4, -0.2) is 10.9 Å². The normalized spacial score (nSPS) is 11.4. The lowest BCUT2D eigenvalue weighted by atomic mass is 10.2. The van der Waals surface area contributed by atoms with E-state index in [-0.39, 0.29) is 0 Å². The Morgan fingerprint density at radius 3 is 2.35 bits per heavy atom. The number of carbonyl (C=O) groups excluding carboxylic acids is 1. The predicted octanol–water partition coefficient (Wildman–Crippen LogP) is 3.96. The molecular weight excluding hydrogens is 343 g/mol. The highest BCUT2D eigenvalue weighted by molar-refractivity contribution is 6.34. The first kappa shape index (κ1) is 17.1. The molecule has 0 aliphatic carbocycles. The molecule has 1 N–H and O–H groups in total. The molecule has 1 aromatic heterocycles. The number of aromatic nitrogens is 1. The van der Waals surface area contributed by atoms with Gasteiger partial charge in [-0.2, -0.15) is 13.2 Å². The molecule has 0 aliphatic rings. The van der Waals surface area contributed by atoms with Crippen LogP contribution in [0.1, 0.15) is 21.6 Å². The molecule has 23 heavy (non-hydrogen) atoms. The number of carbonyl (C=O) groups is 1. The minimum atomic E-state index is -4.76. The van der Waals surface area contributed by atoms with Gasteiger partial charge >= 0.3 is 6.18 Å². The van der Waals surface area contributed by atoms with E-state index in [0.29, 0.717) is 6.07 Å². The number of halogens is 6. The van der Waals surface area contributed by atoms with Crippen molar-refractivity contribution in [3.8, 4) is 0 Å². The van der Waals surface area contributed by atoms with E-state index in [0.717, 1.165) is 24.4 Å². The number of rotatable bonds is 3. The summed E-state index contributed by atoms with van der Waals surface area (Å²) in [6.45, 7) is -0.564. The molecular formula is C14H8ClF5N2O. The van der Waals surface area contributed by atoms with Gasteiger partial charge in [-0.3, -0.25) is 4.79 Å². The molecule has 0 spiro atoms. The van der Waals surface area contributed by atoms with Crippen LogP contribution >= 0.6 is 11.6 Å². The minimum absolute atomic E-state index is 0.427. The molecule has 0 atom stereocenters. The summed E-state index contributed by atoms with van der Waals surface area (Å²) in [4.78, 5) is 15.3. The molecule has 0 radical (unpaired) electrons. The third kappa shape index (κ3) is 3.76. The van der Waals surface area contributed by atoms with Gasteiger partial charge in [-0.05, 0) is 18.2 Å². The number of benzene rings is 1. The second kappa shape index (κ2) is 6.49. The van der Waals surface area contributed by atoms with Crippen LogP contribution in [0.2, 0.25) is 5.02 Å². The van der Waals surface area contributed by atoms with Crippen molar-refractivity contribution in [2.45, 2.75) is 12.7 Å². The van der Waals surface area contributed by atoms with Gasteiger partial charge < -0.3 is 5.32 Å². The molecule has 2 rings (SSSR count). The van der Waals surface area contributed by atoms with E-state index in [9.17, 15) is 26.7 Å². The standard InChI is InChI=1S/C14H8ClF5N2O/c15-11-8(14(18,19)20)4-5-21-12(11)13(23)22-6-7-9(16)2-1-3-10(7)17/h1-5H,6H2,(H,22,23). The van der Waals surface area contributed by atoms with Gasteiger partial charge in [0.1, 0.15) is 17.3 Å². The summed E-state index contributed by atoms with van der Waals surface area (Å²) in [6.07, 6.45) is -3.99. The van der Waals surface area contributed by atoms with Crippen LogP contribution in [0.15, 0.2) is 30.5 Å². The summed E-state index contributed by atoms with van der Waals surface area (Å²) in [6, 6.07) is 3.73. The molecule has 0 aliphatic heterocycles. The van der Waals surface area contributed by atoms with Gasteiger partial charge in [0.15, 0.2) is 0 Å². The average molecular weight is 351 g/mol. The van der Waals surface area contributed by atoms with Crippen molar-refractivity contribution in [3.63, 3.8) is 0 Å². The van der Waals surface area contributed by atoms with Gasteiger partial charge in [0, 0.05) is 18.3 Å². The van der Waals surface area contributed by atoms with E-state index in [1.54, 1.807) is 0 Å². The van der Waals surface area contributed by atoms with E-state index in [4.69, 9.17) is 11.6 Å². The van der Waals surface area contributed by atoms with Gasteiger partial charge in [0.05, 0.1) is 10.6 Å². The molecule has 3 nitrogen and oxygen atoms in total. The van der Waals surface area contributed by atoms with E-state index in [1.165, 1.54) is 0 Å². The van der Waals surface area contributed by atoms with E-state index in [1.807, 2.05) is 0 Å². The topological polar surface area (TPSA) is 42.0 Å². The Morgan fingerprint density at radius 2 is 1.78 bits per heavy atom. The molecule has 0 saturated heterocycles. The number of alkyl halides is 3. The highest BCUT2D eigenvalue weighted by Gasteiger charge is 2.35. The SMILES string of the molecule is O=C(NCc1c(F)cccc1F)c1nccc(C(F)(F)F)c1Cl. The summed E-state index contributed by atoms with van der Waals surface area (Å²) < 4.78 is 65.0. The molecule has 9 heteroatoms. The molecule has 1 amide bonds. The van der Waals surface area contributed by atoms with Crippen LogP contribution in [0.25, 0.3) is 0 Å². The summed E-state index contributed by atoms with van der Waals surface area (Å²) in [7, 11) is 0. The van der Waals surface area contributed by atoms with Crippen molar-refractivity contribution < 1.29 is 26.7 Å². The van der Waals surface area contributed by atoms with Gasteiger partial charge in [0.25, 0.3) is 5.91 Å². The second-order valence-corrected chi connectivity index (χ2v) is 4.78. The maximum atomic E-state index is 13.4. The fourth-order valence-corrected chi connectivity index (χ4v) is 2.08. The Balaban J connectivity index is 2.22. The first-order chi connectivity index (χ1) is 10.7. The molecule has 0 unspecified atom stereocenters. The summed E-state index contributed by atoms with van der Waals surface area (Å²) in [5, 5.41) is 1.20. The second-order valence-electron chi connectivity index (χ2n) is 4.40. The monoisotopic (exact) mass is 350 g/mol. The fourth-order valence-electron chi connectivity index (χ4n) is 1.77. The minimum Gasteiger partial charge on any atom is -0.346 e. The molecule has 1 heterocycles. The molecule has 0 bridgehead atoms. The van der Waals surface area contributed by atoms with Crippen LogP contribution in [0.3, 0.4) is 0 Å². The first-order valence-corrected chi connectivity index (χ1v) is 6.52. The van der Waals surface area contributed by atoms with Crippen LogP contribution in [0, 0.1) is 11.6 Å². The summed E-state index contributed by atoms with van der Waals surface area (Å²) in [5.74, 6) is -2.87. The highest BCUT2D eigenvalue weighted by Crippen LogP contribution is 2.35. The van der Waals surface area contributed by atoms with Crippen LogP contribution < -0.4 is 5.32 Å². The third-order valence-electron chi connectivity index (χ3n) is 2.90. The molecule has 122 valence electrons. The van der Waals surface area contributed by atoms with Crippen molar-refractivity contribution >= 4 is 17.5 Å². The van der Waals surface area contributed by atoms with Crippen molar-refractivity contribution in [3.05, 3.63) is 63.9 Å². The number of hydrogen-bond acceptors (Lipinski definition) is 2. The number of amides is 1. The zero-order chi connectivity index (χ0) is 17.2. The van der Waals surface area contributed by atoms with Gasteiger partial charge in [0.2, 0.25) is 0 Å². The molecule has 2 aromatic rings. The average Bonchev–Trinajstić information content (AvgIpc) is 2.45. The summed E-state index contributed by atoms with van der Waals surface area (Å²) >= 11 is 5.54. The maximum Gasteiger partial charge on any atom is 0.417 e. The molecule has 0 saturated carbocycles. The van der Waals surface area contributed by atoms with Crippen molar-refractivity contribution in [2.24, 2.45) is 0 Å². The zero-order valence-corrected chi connectivity index (χ0v) is 12.0. The Labute approximate surface area is 132 Å². The smallest absolute Gasteiger partial charge is 0.346 e. The van der Waals surface area contributed by atoms with E-state index < -0.39 is 52.1 Å². The van der Waals surface area contributed by atoms with Crippen LogP contribution in [0.4, 0.5) is 22.0 Å². The van der Waals surface area contributed by atoms with E-state index in [2.05, 4.69) is 10.3 Å². The lowest BCUT2D eigenvalue weighted by Crippen LogP contribution is -2.26. The van der Waals surface area contributed by atoms with E-state index >= 15 is 0 Å². The lowest BCUT2D eigenvalue weighted by molar-refractivity contribution is -0.137. The Morgan fingerprint density at radius 1 is 1.17 bits per heavy atom. The number of pyridine rings is 1. The Kier molecular flexibility index (Phi) is 4.84. The summed E-state index contributed by atoms with van der Waals surface area (Å²) in [5.41, 5.74) is -2.33. The number of hydrogen-bond donors (Lipinski definition) is 1. The third-order valence-corrected chi connectivity index (χ3v) is 3.28. The highest BCUT2D eigenvalue weighted by atomic mass is 35.5. The van der Waals surface area contributed by atoms with Gasteiger partial charge in [-0.1, -0.05) is 17.7 Å². The number of nitrogens with zero attached hydrogens (tertiary/aromatic N) is 1. The fraction of sp³-hybridized carbons (Fsp3) is 0.143.